The van der Waals surface area contributed by atoms with Gasteiger partial charge in [0.15, 0.2) is 0 Å². The minimum Gasteiger partial charge on any atom is -0.389 e. The largest absolute Gasteiger partial charge is 0.389 e. The van der Waals surface area contributed by atoms with E-state index in [1.807, 2.05) is 0 Å². The van der Waals surface area contributed by atoms with Crippen LogP contribution in [0.2, 0.25) is 0 Å². The molecule has 0 heterocycles. The molecule has 0 amide bonds. The van der Waals surface area contributed by atoms with Crippen molar-refractivity contribution in [2.24, 2.45) is 11.7 Å². The Labute approximate surface area is 113 Å². The van der Waals surface area contributed by atoms with Crippen LogP contribution in [-0.4, -0.2) is 11.6 Å². The Hall–Kier alpha value is -1.00. The number of benzene rings is 1. The molecule has 0 fully saturated rings. The van der Waals surface area contributed by atoms with E-state index in [2.05, 4.69) is 13.8 Å². The van der Waals surface area contributed by atoms with Gasteiger partial charge in [-0.2, -0.15) is 0 Å². The van der Waals surface area contributed by atoms with E-state index in [1.54, 1.807) is 12.1 Å². The predicted molar refractivity (Wildman–Crippen MR) is 76.0 cm³/mol. The lowest BCUT2D eigenvalue weighted by molar-refractivity contribution is 0.0893. The van der Waals surface area contributed by atoms with E-state index in [0.29, 0.717) is 19.1 Å². The summed E-state index contributed by atoms with van der Waals surface area (Å²) in [6, 6.07) is 4.73. The van der Waals surface area contributed by atoms with Crippen molar-refractivity contribution in [2.45, 2.75) is 33.3 Å². The first-order valence-electron chi connectivity index (χ1n) is 6.20. The summed E-state index contributed by atoms with van der Waals surface area (Å²) < 4.78 is 19.0. The lowest BCUT2D eigenvalue weighted by Crippen LogP contribution is -2.12. The average Bonchev–Trinajstić information content (AvgIpc) is 2.31. The summed E-state index contributed by atoms with van der Waals surface area (Å²) in [4.78, 5) is 0.0775. The number of ether oxygens (including phenoxy) is 1. The van der Waals surface area contributed by atoms with E-state index in [4.69, 9.17) is 22.7 Å². The maximum atomic E-state index is 13.4. The van der Waals surface area contributed by atoms with Crippen LogP contribution in [0.4, 0.5) is 4.39 Å². The molecule has 0 radical (unpaired) electrons. The molecule has 2 nitrogen and oxygen atoms in total. The lowest BCUT2D eigenvalue weighted by atomic mass is 10.1. The van der Waals surface area contributed by atoms with E-state index >= 15 is 0 Å². The molecule has 18 heavy (non-hydrogen) atoms. The van der Waals surface area contributed by atoms with Crippen LogP contribution in [0.5, 0.6) is 0 Å². The van der Waals surface area contributed by atoms with Crippen molar-refractivity contribution in [1.82, 2.24) is 0 Å². The van der Waals surface area contributed by atoms with Crippen LogP contribution in [0.25, 0.3) is 0 Å². The summed E-state index contributed by atoms with van der Waals surface area (Å²) in [5, 5.41) is 0. The Bertz CT molecular complexity index is 409. The maximum absolute atomic E-state index is 13.4. The summed E-state index contributed by atoms with van der Waals surface area (Å²) >= 11 is 4.79. The topological polar surface area (TPSA) is 35.2 Å². The van der Waals surface area contributed by atoms with Gasteiger partial charge in [0.25, 0.3) is 0 Å². The van der Waals surface area contributed by atoms with Crippen molar-refractivity contribution in [3.8, 4) is 0 Å². The molecule has 1 unspecified atom stereocenters. The summed E-state index contributed by atoms with van der Waals surface area (Å²) in [6.45, 7) is 5.50. The molecule has 1 aromatic carbocycles. The molecule has 4 heteroatoms. The molecular formula is C14H20FNOS. The molecule has 1 aromatic rings. The SMILES string of the molecule is CCCC(C)COCc1ccc(F)c(C(N)=S)c1. The van der Waals surface area contributed by atoms with Crippen LogP contribution in [0, 0.1) is 11.7 Å². The van der Waals surface area contributed by atoms with Crippen LogP contribution in [0.15, 0.2) is 18.2 Å². The third-order valence-electron chi connectivity index (χ3n) is 2.75. The number of nitrogens with two attached hydrogens (primary N) is 1. The smallest absolute Gasteiger partial charge is 0.133 e. The number of hydrogen-bond acceptors (Lipinski definition) is 2. The van der Waals surface area contributed by atoms with Gasteiger partial charge in [0.05, 0.1) is 6.61 Å². The van der Waals surface area contributed by atoms with Crippen LogP contribution in [0.3, 0.4) is 0 Å². The lowest BCUT2D eigenvalue weighted by Gasteiger charge is -2.11. The minimum absolute atomic E-state index is 0.0775. The van der Waals surface area contributed by atoms with Crippen molar-refractivity contribution < 1.29 is 9.13 Å². The first-order valence-corrected chi connectivity index (χ1v) is 6.61. The van der Waals surface area contributed by atoms with Gasteiger partial charge in [-0.1, -0.05) is 38.6 Å². The van der Waals surface area contributed by atoms with Gasteiger partial charge in [-0.3, -0.25) is 0 Å². The second kappa shape index (κ2) is 7.44. The van der Waals surface area contributed by atoms with Crippen molar-refractivity contribution in [3.63, 3.8) is 0 Å². The van der Waals surface area contributed by atoms with Gasteiger partial charge >= 0.3 is 0 Å². The van der Waals surface area contributed by atoms with Gasteiger partial charge in [0, 0.05) is 12.2 Å². The number of rotatable bonds is 7. The Balaban J connectivity index is 2.53. The fraction of sp³-hybridized carbons (Fsp3) is 0.500. The normalized spacial score (nSPS) is 12.4. The number of thiocarbonyl (C=S) groups is 1. The van der Waals surface area contributed by atoms with E-state index in [1.165, 1.54) is 6.07 Å². The van der Waals surface area contributed by atoms with Crippen LogP contribution in [-0.2, 0) is 11.3 Å². The predicted octanol–water partition coefficient (Wildman–Crippen LogP) is 3.41. The van der Waals surface area contributed by atoms with E-state index < -0.39 is 0 Å². The highest BCUT2D eigenvalue weighted by Crippen LogP contribution is 2.13. The summed E-state index contributed by atoms with van der Waals surface area (Å²) in [6.07, 6.45) is 2.31. The molecule has 100 valence electrons. The zero-order valence-corrected chi connectivity index (χ0v) is 11.7. The van der Waals surface area contributed by atoms with Gasteiger partial charge < -0.3 is 10.5 Å². The molecule has 0 aliphatic rings. The standard InChI is InChI=1S/C14H20FNOS/c1-3-4-10(2)8-17-9-11-5-6-13(15)12(7-11)14(16)18/h5-7,10H,3-4,8-9H2,1-2H3,(H2,16,18). The first-order chi connectivity index (χ1) is 8.54. The van der Waals surface area contributed by atoms with Crippen molar-refractivity contribution in [2.75, 3.05) is 6.61 Å². The van der Waals surface area contributed by atoms with Crippen molar-refractivity contribution in [1.29, 1.82) is 0 Å². The molecule has 0 bridgehead atoms. The fourth-order valence-corrected chi connectivity index (χ4v) is 1.96. The second-order valence-corrected chi connectivity index (χ2v) is 5.03. The molecule has 0 spiro atoms. The summed E-state index contributed by atoms with van der Waals surface area (Å²) in [5.41, 5.74) is 6.63. The molecule has 0 aliphatic carbocycles. The fourth-order valence-electron chi connectivity index (χ4n) is 1.81. The van der Waals surface area contributed by atoms with Gasteiger partial charge in [0.1, 0.15) is 10.8 Å². The third kappa shape index (κ3) is 4.70. The van der Waals surface area contributed by atoms with Gasteiger partial charge in [-0.05, 0) is 30.0 Å². The highest BCUT2D eigenvalue weighted by Gasteiger charge is 2.07. The molecule has 1 atom stereocenters. The van der Waals surface area contributed by atoms with Gasteiger partial charge in [0.2, 0.25) is 0 Å². The average molecular weight is 269 g/mol. The maximum Gasteiger partial charge on any atom is 0.133 e. The summed E-state index contributed by atoms with van der Waals surface area (Å²) in [7, 11) is 0. The molecule has 1 rings (SSSR count). The Morgan fingerprint density at radius 3 is 2.83 bits per heavy atom. The Kier molecular flexibility index (Phi) is 6.22. The van der Waals surface area contributed by atoms with Crippen LogP contribution < -0.4 is 5.73 Å². The molecule has 0 saturated carbocycles. The number of hydrogen-bond donors (Lipinski definition) is 1. The monoisotopic (exact) mass is 269 g/mol. The van der Waals surface area contributed by atoms with Crippen LogP contribution in [0.1, 0.15) is 37.8 Å². The van der Waals surface area contributed by atoms with Gasteiger partial charge in [-0.15, -0.1) is 0 Å². The zero-order chi connectivity index (χ0) is 13.5. The van der Waals surface area contributed by atoms with Gasteiger partial charge in [-0.25, -0.2) is 4.39 Å². The second-order valence-electron chi connectivity index (χ2n) is 4.59. The van der Waals surface area contributed by atoms with E-state index in [9.17, 15) is 4.39 Å². The summed E-state index contributed by atoms with van der Waals surface area (Å²) in [5.74, 6) is 0.163. The Morgan fingerprint density at radius 1 is 1.50 bits per heavy atom. The highest BCUT2D eigenvalue weighted by atomic mass is 32.1. The Morgan fingerprint density at radius 2 is 2.22 bits per heavy atom. The van der Waals surface area contributed by atoms with E-state index in [-0.39, 0.29) is 16.4 Å². The van der Waals surface area contributed by atoms with Crippen LogP contribution >= 0.6 is 12.2 Å². The number of halogens is 1. The van der Waals surface area contributed by atoms with Crippen molar-refractivity contribution >= 4 is 17.2 Å². The third-order valence-corrected chi connectivity index (χ3v) is 2.97. The molecular weight excluding hydrogens is 249 g/mol. The quantitative estimate of drug-likeness (QED) is 0.770. The highest BCUT2D eigenvalue weighted by molar-refractivity contribution is 7.80. The van der Waals surface area contributed by atoms with Crippen molar-refractivity contribution in [3.05, 3.63) is 35.1 Å². The molecule has 2 N–H and O–H groups in total. The molecule has 0 aromatic heterocycles. The minimum atomic E-state index is -0.384. The first kappa shape index (κ1) is 15.1. The molecule has 0 aliphatic heterocycles. The zero-order valence-electron chi connectivity index (χ0n) is 10.9. The molecule has 0 saturated heterocycles. The van der Waals surface area contributed by atoms with E-state index in [0.717, 1.165) is 18.4 Å².